The van der Waals surface area contributed by atoms with Gasteiger partial charge in [-0.3, -0.25) is 0 Å². The van der Waals surface area contributed by atoms with Gasteiger partial charge in [0.25, 0.3) is 20.0 Å². The Morgan fingerprint density at radius 1 is 0.683 bits per heavy atom. The lowest BCUT2D eigenvalue weighted by Gasteiger charge is -2.07. The van der Waals surface area contributed by atoms with Crippen molar-refractivity contribution in [2.45, 2.75) is 23.6 Å². The highest BCUT2D eigenvalue weighted by atomic mass is 79.9. The zero-order valence-corrected chi connectivity index (χ0v) is 24.8. The third-order valence-corrected chi connectivity index (χ3v) is 9.70. The van der Waals surface area contributed by atoms with Gasteiger partial charge in [0.15, 0.2) is 17.0 Å². The summed E-state index contributed by atoms with van der Waals surface area (Å²) in [6.07, 6.45) is 5.58. The summed E-state index contributed by atoms with van der Waals surface area (Å²) < 4.78 is 53.2. The van der Waals surface area contributed by atoms with E-state index in [2.05, 4.69) is 35.9 Å². The minimum absolute atomic E-state index is 0.146. The Bertz CT molecular complexity index is 2170. The van der Waals surface area contributed by atoms with E-state index >= 15 is 0 Å². The predicted octanol–water partition coefficient (Wildman–Crippen LogP) is 4.59. The molecule has 206 valence electrons. The van der Waals surface area contributed by atoms with Crippen LogP contribution < -0.4 is 0 Å². The van der Waals surface area contributed by atoms with E-state index in [1.54, 1.807) is 54.6 Å². The van der Waals surface area contributed by atoms with Crippen LogP contribution in [0.15, 0.2) is 99.8 Å². The molecule has 14 heteroatoms. The molecule has 0 saturated heterocycles. The average molecular weight is 651 g/mol. The Morgan fingerprint density at radius 3 is 1.59 bits per heavy atom. The molecule has 4 aromatic heterocycles. The summed E-state index contributed by atoms with van der Waals surface area (Å²) >= 11 is 3.21. The number of aryl methyl sites for hydroxylation is 2. The summed E-state index contributed by atoms with van der Waals surface area (Å²) in [5.41, 5.74) is 3.53. The Balaban J connectivity index is 0.000000165. The maximum atomic E-state index is 12.6. The number of nitrogens with zero attached hydrogens (tertiary/aromatic N) is 7. The molecule has 0 saturated carbocycles. The summed E-state index contributed by atoms with van der Waals surface area (Å²) in [7, 11) is -7.38. The van der Waals surface area contributed by atoms with Crippen molar-refractivity contribution in [1.29, 1.82) is 5.26 Å². The Kier molecular flexibility index (Phi) is 7.43. The highest BCUT2D eigenvalue weighted by Crippen LogP contribution is 2.22. The Hall–Kier alpha value is -4.45. The molecule has 0 aliphatic carbocycles. The van der Waals surface area contributed by atoms with Gasteiger partial charge in [-0.1, -0.05) is 35.4 Å². The van der Waals surface area contributed by atoms with E-state index in [1.165, 1.54) is 30.9 Å². The first-order chi connectivity index (χ1) is 19.5. The van der Waals surface area contributed by atoms with Crippen molar-refractivity contribution in [2.24, 2.45) is 0 Å². The van der Waals surface area contributed by atoms with Gasteiger partial charge in [0, 0.05) is 12.4 Å². The first kappa shape index (κ1) is 28.1. The van der Waals surface area contributed by atoms with E-state index in [4.69, 9.17) is 5.26 Å². The van der Waals surface area contributed by atoms with Crippen LogP contribution in [-0.2, 0) is 20.0 Å². The van der Waals surface area contributed by atoms with E-state index in [1.807, 2.05) is 19.9 Å². The molecule has 0 N–H and O–H groups in total. The van der Waals surface area contributed by atoms with Gasteiger partial charge in [-0.2, -0.15) is 5.26 Å². The summed E-state index contributed by atoms with van der Waals surface area (Å²) in [5.74, 6) is 0. The zero-order chi connectivity index (χ0) is 29.4. The Morgan fingerprint density at radius 2 is 1.12 bits per heavy atom. The molecule has 0 bridgehead atoms. The van der Waals surface area contributed by atoms with Gasteiger partial charge in [-0.15, -0.1) is 0 Å². The molecule has 6 aromatic rings. The topological polar surface area (TPSA) is 153 Å². The highest BCUT2D eigenvalue weighted by molar-refractivity contribution is 9.10. The van der Waals surface area contributed by atoms with E-state index in [-0.39, 0.29) is 21.1 Å². The minimum atomic E-state index is -3.73. The van der Waals surface area contributed by atoms with E-state index < -0.39 is 20.0 Å². The monoisotopic (exact) mass is 649 g/mol. The van der Waals surface area contributed by atoms with Crippen LogP contribution in [0.5, 0.6) is 0 Å². The van der Waals surface area contributed by atoms with Gasteiger partial charge >= 0.3 is 0 Å². The quantitative estimate of drug-likeness (QED) is 0.267. The zero-order valence-electron chi connectivity index (χ0n) is 21.5. The first-order valence-electron chi connectivity index (χ1n) is 11.9. The van der Waals surface area contributed by atoms with Gasteiger partial charge in [0.05, 0.1) is 22.2 Å². The number of halogens is 1. The van der Waals surface area contributed by atoms with E-state index in [9.17, 15) is 16.8 Å². The van der Waals surface area contributed by atoms with Crippen molar-refractivity contribution >= 4 is 58.3 Å². The van der Waals surface area contributed by atoms with Gasteiger partial charge < -0.3 is 0 Å². The number of aromatic nitrogens is 6. The summed E-state index contributed by atoms with van der Waals surface area (Å²) in [6.45, 7) is 3.79. The second-order valence-corrected chi connectivity index (χ2v) is 13.3. The summed E-state index contributed by atoms with van der Waals surface area (Å²) in [5, 5.41) is 8.79. The fourth-order valence-electron chi connectivity index (χ4n) is 3.84. The molecule has 11 nitrogen and oxygen atoms in total. The molecule has 4 heterocycles. The number of fused-ring (bicyclic) bond motifs is 2. The molecule has 0 atom stereocenters. The van der Waals surface area contributed by atoms with Crippen molar-refractivity contribution < 1.29 is 16.8 Å². The van der Waals surface area contributed by atoms with Gasteiger partial charge in [0.1, 0.15) is 21.7 Å². The van der Waals surface area contributed by atoms with E-state index in [0.717, 1.165) is 19.1 Å². The molecular weight excluding hydrogens is 630 g/mol. The molecular formula is C27H20BrN7O4S2. The molecule has 0 spiro atoms. The van der Waals surface area contributed by atoms with Crippen LogP contribution in [-0.4, -0.2) is 44.7 Å². The molecule has 0 radical (unpaired) electrons. The second-order valence-electron chi connectivity index (χ2n) is 8.84. The van der Waals surface area contributed by atoms with Crippen LogP contribution in [0.4, 0.5) is 0 Å². The molecule has 41 heavy (non-hydrogen) atoms. The third kappa shape index (κ3) is 5.47. The minimum Gasteiger partial charge on any atom is -0.236 e. The number of rotatable bonds is 4. The van der Waals surface area contributed by atoms with Crippen LogP contribution in [0, 0.1) is 25.2 Å². The normalized spacial score (nSPS) is 11.7. The molecule has 0 aliphatic rings. The van der Waals surface area contributed by atoms with Crippen molar-refractivity contribution in [1.82, 2.24) is 27.9 Å². The molecule has 2 aromatic carbocycles. The smallest absolute Gasteiger partial charge is 0.236 e. The number of hydrogen-bond donors (Lipinski definition) is 0. The maximum Gasteiger partial charge on any atom is 0.269 e. The number of hydrogen-bond acceptors (Lipinski definition) is 9. The van der Waals surface area contributed by atoms with Crippen LogP contribution >= 0.6 is 15.9 Å². The van der Waals surface area contributed by atoms with E-state index in [0.29, 0.717) is 21.3 Å². The van der Waals surface area contributed by atoms with Gasteiger partial charge in [-0.25, -0.2) is 44.7 Å². The lowest BCUT2D eigenvalue weighted by atomic mass is 10.2. The summed E-state index contributed by atoms with van der Waals surface area (Å²) in [6, 6.07) is 18.3. The first-order valence-corrected chi connectivity index (χ1v) is 15.6. The van der Waals surface area contributed by atoms with Crippen LogP contribution in [0.1, 0.15) is 16.8 Å². The highest BCUT2D eigenvalue weighted by Gasteiger charge is 2.21. The molecule has 0 unspecified atom stereocenters. The molecule has 0 aliphatic heterocycles. The van der Waals surface area contributed by atoms with Crippen LogP contribution in [0.3, 0.4) is 0 Å². The maximum absolute atomic E-state index is 12.6. The molecule has 0 fully saturated rings. The number of benzene rings is 2. The fraction of sp³-hybridized carbons (Fsp3) is 0.0741. The summed E-state index contributed by atoms with van der Waals surface area (Å²) in [4.78, 5) is 16.8. The van der Waals surface area contributed by atoms with Crippen LogP contribution in [0.25, 0.3) is 22.3 Å². The van der Waals surface area contributed by atoms with Gasteiger partial charge in [-0.05, 0) is 66.2 Å². The lowest BCUT2D eigenvalue weighted by Crippen LogP contribution is -2.12. The van der Waals surface area contributed by atoms with Crippen molar-refractivity contribution in [3.05, 3.63) is 107 Å². The SMILES string of the molecule is Cc1ccc(S(=O)(=O)n2ccc3nc(Br)cnc32)cc1.Cc1ccc(S(=O)(=O)n2ccc3nc(C#N)cnc32)cc1. The fourth-order valence-corrected chi connectivity index (χ4v) is 6.73. The number of nitriles is 1. The third-order valence-electron chi connectivity index (χ3n) is 5.95. The standard InChI is InChI=1S/C14H10N4O2S.C13H10BrN3O2S/c1-10-2-4-12(5-3-10)21(19,20)18-7-6-13-14(18)16-9-11(8-15)17-13;1-9-2-4-10(5-3-9)20(18,19)17-7-6-11-13(17)15-8-12(14)16-11/h2-7,9H,1H3;2-8H,1H3. The van der Waals surface area contributed by atoms with Crippen LogP contribution in [0.2, 0.25) is 0 Å². The van der Waals surface area contributed by atoms with Gasteiger partial charge in [0.2, 0.25) is 0 Å². The van der Waals surface area contributed by atoms with Crippen molar-refractivity contribution in [3.63, 3.8) is 0 Å². The second kappa shape index (κ2) is 10.8. The molecule has 0 amide bonds. The Labute approximate surface area is 244 Å². The predicted molar refractivity (Wildman–Crippen MR) is 155 cm³/mol. The van der Waals surface area contributed by atoms with Crippen molar-refractivity contribution in [2.75, 3.05) is 0 Å². The average Bonchev–Trinajstić information content (AvgIpc) is 3.58. The molecule has 6 rings (SSSR count). The largest absolute Gasteiger partial charge is 0.269 e. The van der Waals surface area contributed by atoms with Crippen molar-refractivity contribution in [3.8, 4) is 6.07 Å². The lowest BCUT2D eigenvalue weighted by molar-refractivity contribution is 0.587.